The maximum absolute atomic E-state index is 4.42. The van der Waals surface area contributed by atoms with Gasteiger partial charge in [-0.05, 0) is 51.4 Å². The van der Waals surface area contributed by atoms with Gasteiger partial charge in [-0.2, -0.15) is 5.10 Å². The zero-order chi connectivity index (χ0) is 13.8. The van der Waals surface area contributed by atoms with Gasteiger partial charge in [0.25, 0.3) is 0 Å². The zero-order valence-corrected chi connectivity index (χ0v) is 12.8. The standard InChI is InChI=1S/C15H28N4/c1-12(2)16-10-14-5-7-19(8-6-14)11-15-9-13(3)17-18(15)4/h9,12,14,16H,5-8,10-11H2,1-4H3. The predicted molar refractivity (Wildman–Crippen MR) is 79.1 cm³/mol. The summed E-state index contributed by atoms with van der Waals surface area (Å²) in [5.41, 5.74) is 2.45. The molecule has 108 valence electrons. The van der Waals surface area contributed by atoms with Crippen LogP contribution in [0.1, 0.15) is 38.1 Å². The van der Waals surface area contributed by atoms with Crippen LogP contribution >= 0.6 is 0 Å². The first-order chi connectivity index (χ1) is 9.04. The van der Waals surface area contributed by atoms with E-state index < -0.39 is 0 Å². The summed E-state index contributed by atoms with van der Waals surface area (Å²) in [5.74, 6) is 0.854. The van der Waals surface area contributed by atoms with Gasteiger partial charge in [-0.15, -0.1) is 0 Å². The van der Waals surface area contributed by atoms with Gasteiger partial charge in [0.05, 0.1) is 11.4 Å². The Hall–Kier alpha value is -0.870. The summed E-state index contributed by atoms with van der Waals surface area (Å²) in [6, 6.07) is 2.81. The summed E-state index contributed by atoms with van der Waals surface area (Å²) < 4.78 is 2.02. The molecule has 0 bridgehead atoms. The van der Waals surface area contributed by atoms with E-state index in [1.807, 2.05) is 11.7 Å². The van der Waals surface area contributed by atoms with E-state index in [0.29, 0.717) is 6.04 Å². The zero-order valence-electron chi connectivity index (χ0n) is 12.8. The molecule has 4 heteroatoms. The second-order valence-corrected chi connectivity index (χ2v) is 6.18. The number of nitrogens with zero attached hydrogens (tertiary/aromatic N) is 3. The summed E-state index contributed by atoms with van der Waals surface area (Å²) in [6.07, 6.45) is 2.63. The largest absolute Gasteiger partial charge is 0.314 e. The number of piperidine rings is 1. The van der Waals surface area contributed by atoms with E-state index in [2.05, 4.69) is 42.2 Å². The van der Waals surface area contributed by atoms with E-state index in [1.54, 1.807) is 0 Å². The Morgan fingerprint density at radius 1 is 1.37 bits per heavy atom. The Morgan fingerprint density at radius 3 is 2.58 bits per heavy atom. The molecule has 1 N–H and O–H groups in total. The fourth-order valence-corrected chi connectivity index (χ4v) is 2.79. The van der Waals surface area contributed by atoms with Gasteiger partial charge in [-0.1, -0.05) is 13.8 Å². The predicted octanol–water partition coefficient (Wildman–Crippen LogP) is 1.94. The van der Waals surface area contributed by atoms with E-state index in [4.69, 9.17) is 0 Å². The first kappa shape index (κ1) is 14.5. The molecule has 1 aliphatic heterocycles. The van der Waals surface area contributed by atoms with E-state index in [9.17, 15) is 0 Å². The highest BCUT2D eigenvalue weighted by molar-refractivity contribution is 5.08. The number of aromatic nitrogens is 2. The molecule has 0 unspecified atom stereocenters. The second kappa shape index (κ2) is 6.53. The monoisotopic (exact) mass is 264 g/mol. The third-order valence-electron chi connectivity index (χ3n) is 4.01. The molecule has 0 radical (unpaired) electrons. The van der Waals surface area contributed by atoms with Crippen molar-refractivity contribution < 1.29 is 0 Å². The second-order valence-electron chi connectivity index (χ2n) is 6.18. The Morgan fingerprint density at radius 2 is 2.05 bits per heavy atom. The van der Waals surface area contributed by atoms with E-state index in [-0.39, 0.29) is 0 Å². The molecule has 1 aromatic rings. The molecule has 0 spiro atoms. The van der Waals surface area contributed by atoms with Gasteiger partial charge in [0.1, 0.15) is 0 Å². The van der Waals surface area contributed by atoms with Crippen LogP contribution in [0, 0.1) is 12.8 Å². The lowest BCUT2D eigenvalue weighted by Gasteiger charge is -2.32. The van der Waals surface area contributed by atoms with Crippen LogP contribution in [0.25, 0.3) is 0 Å². The molecule has 1 fully saturated rings. The highest BCUT2D eigenvalue weighted by Crippen LogP contribution is 2.18. The summed E-state index contributed by atoms with van der Waals surface area (Å²) in [6.45, 7) is 11.2. The first-order valence-corrected chi connectivity index (χ1v) is 7.50. The third kappa shape index (κ3) is 4.32. The van der Waals surface area contributed by atoms with Gasteiger partial charge in [0.15, 0.2) is 0 Å². The molecule has 2 rings (SSSR count). The average Bonchev–Trinajstić information content (AvgIpc) is 2.67. The topological polar surface area (TPSA) is 33.1 Å². The minimum absolute atomic E-state index is 0.607. The molecule has 19 heavy (non-hydrogen) atoms. The van der Waals surface area contributed by atoms with Gasteiger partial charge in [0.2, 0.25) is 0 Å². The van der Waals surface area contributed by atoms with E-state index >= 15 is 0 Å². The molecule has 4 nitrogen and oxygen atoms in total. The number of hydrogen-bond donors (Lipinski definition) is 1. The molecular weight excluding hydrogens is 236 g/mol. The number of aryl methyl sites for hydroxylation is 2. The van der Waals surface area contributed by atoms with Crippen molar-refractivity contribution >= 4 is 0 Å². The molecule has 0 amide bonds. The van der Waals surface area contributed by atoms with Crippen molar-refractivity contribution in [3.8, 4) is 0 Å². The van der Waals surface area contributed by atoms with Crippen LogP contribution in [-0.4, -0.2) is 40.4 Å². The van der Waals surface area contributed by atoms with Crippen LogP contribution < -0.4 is 5.32 Å². The van der Waals surface area contributed by atoms with Crippen LogP contribution in [0.5, 0.6) is 0 Å². The highest BCUT2D eigenvalue weighted by atomic mass is 15.3. The van der Waals surface area contributed by atoms with Gasteiger partial charge in [-0.25, -0.2) is 0 Å². The van der Waals surface area contributed by atoms with Crippen LogP contribution in [0.15, 0.2) is 6.07 Å². The van der Waals surface area contributed by atoms with Gasteiger partial charge in [0, 0.05) is 19.6 Å². The fourth-order valence-electron chi connectivity index (χ4n) is 2.79. The summed E-state index contributed by atoms with van der Waals surface area (Å²) in [5, 5.41) is 7.98. The van der Waals surface area contributed by atoms with E-state index in [1.165, 1.54) is 38.2 Å². The molecule has 1 saturated heterocycles. The van der Waals surface area contributed by atoms with Crippen molar-refractivity contribution in [2.24, 2.45) is 13.0 Å². The maximum atomic E-state index is 4.42. The Bertz CT molecular complexity index is 389. The molecule has 0 atom stereocenters. The van der Waals surface area contributed by atoms with Crippen molar-refractivity contribution in [3.05, 3.63) is 17.5 Å². The SMILES string of the molecule is Cc1cc(CN2CCC(CNC(C)C)CC2)n(C)n1. The summed E-state index contributed by atoms with van der Waals surface area (Å²) >= 11 is 0. The molecule has 0 aromatic carbocycles. The molecule has 0 aliphatic carbocycles. The van der Waals surface area contributed by atoms with Gasteiger partial charge < -0.3 is 5.32 Å². The number of hydrogen-bond acceptors (Lipinski definition) is 3. The quantitative estimate of drug-likeness (QED) is 0.882. The number of nitrogens with one attached hydrogen (secondary N) is 1. The van der Waals surface area contributed by atoms with Crippen molar-refractivity contribution in [2.45, 2.75) is 46.2 Å². The normalized spacial score (nSPS) is 18.4. The minimum Gasteiger partial charge on any atom is -0.314 e. The van der Waals surface area contributed by atoms with Gasteiger partial charge in [-0.3, -0.25) is 9.58 Å². The van der Waals surface area contributed by atoms with Crippen LogP contribution in [-0.2, 0) is 13.6 Å². The van der Waals surface area contributed by atoms with Crippen LogP contribution in [0.3, 0.4) is 0 Å². The molecule has 0 saturated carbocycles. The lowest BCUT2D eigenvalue weighted by molar-refractivity contribution is 0.170. The van der Waals surface area contributed by atoms with Crippen molar-refractivity contribution in [1.29, 1.82) is 0 Å². The number of likely N-dealkylation sites (tertiary alicyclic amines) is 1. The Labute approximate surface area is 117 Å². The van der Waals surface area contributed by atoms with Gasteiger partial charge >= 0.3 is 0 Å². The smallest absolute Gasteiger partial charge is 0.0597 e. The minimum atomic E-state index is 0.607. The Kier molecular flexibility index (Phi) is 4.99. The van der Waals surface area contributed by atoms with Crippen LogP contribution in [0.4, 0.5) is 0 Å². The molecule has 2 heterocycles. The third-order valence-corrected chi connectivity index (χ3v) is 4.01. The average molecular weight is 264 g/mol. The Balaban J connectivity index is 1.76. The molecular formula is C15H28N4. The lowest BCUT2D eigenvalue weighted by Crippen LogP contribution is -2.38. The highest BCUT2D eigenvalue weighted by Gasteiger charge is 2.20. The summed E-state index contributed by atoms with van der Waals surface area (Å²) in [4.78, 5) is 2.56. The van der Waals surface area contributed by atoms with Crippen molar-refractivity contribution in [1.82, 2.24) is 20.0 Å². The van der Waals surface area contributed by atoms with Crippen molar-refractivity contribution in [3.63, 3.8) is 0 Å². The summed E-state index contributed by atoms with van der Waals surface area (Å²) in [7, 11) is 2.04. The van der Waals surface area contributed by atoms with Crippen LogP contribution in [0.2, 0.25) is 0 Å². The lowest BCUT2D eigenvalue weighted by atomic mass is 9.96. The van der Waals surface area contributed by atoms with Crippen molar-refractivity contribution in [2.75, 3.05) is 19.6 Å². The van der Waals surface area contributed by atoms with E-state index in [0.717, 1.165) is 18.2 Å². The molecule has 1 aliphatic rings. The fraction of sp³-hybridized carbons (Fsp3) is 0.800. The maximum Gasteiger partial charge on any atom is 0.0597 e. The molecule has 1 aromatic heterocycles. The first-order valence-electron chi connectivity index (χ1n) is 7.50. The number of rotatable bonds is 5.